The molecular formula is C18H24N4O3. The van der Waals surface area contributed by atoms with Gasteiger partial charge in [0.25, 0.3) is 0 Å². The van der Waals surface area contributed by atoms with E-state index in [9.17, 15) is 4.79 Å². The molecule has 1 aliphatic carbocycles. The first-order valence-electron chi connectivity index (χ1n) is 9.09. The maximum atomic E-state index is 10.8. The van der Waals surface area contributed by atoms with Gasteiger partial charge in [0.05, 0.1) is 5.52 Å². The van der Waals surface area contributed by atoms with E-state index < -0.39 is 6.16 Å². The van der Waals surface area contributed by atoms with Gasteiger partial charge in [-0.15, -0.1) is 0 Å². The van der Waals surface area contributed by atoms with Crippen molar-refractivity contribution in [3.8, 4) is 5.75 Å². The molecular weight excluding hydrogens is 320 g/mol. The Kier molecular flexibility index (Phi) is 4.48. The highest BCUT2D eigenvalue weighted by Crippen LogP contribution is 2.28. The molecule has 2 fully saturated rings. The summed E-state index contributed by atoms with van der Waals surface area (Å²) in [5.74, 6) is 1.06. The molecule has 7 heteroatoms. The van der Waals surface area contributed by atoms with Crippen LogP contribution in [0.3, 0.4) is 0 Å². The van der Waals surface area contributed by atoms with E-state index in [0.29, 0.717) is 5.52 Å². The number of hydrogen-bond donors (Lipinski definition) is 2. The molecule has 1 aliphatic heterocycles. The summed E-state index contributed by atoms with van der Waals surface area (Å²) in [5.41, 5.74) is 1.36. The van der Waals surface area contributed by atoms with Crippen molar-refractivity contribution in [3.05, 3.63) is 18.2 Å². The molecule has 134 valence electrons. The largest absolute Gasteiger partial charge is 0.511 e. The van der Waals surface area contributed by atoms with Gasteiger partial charge in [0.2, 0.25) is 5.95 Å². The van der Waals surface area contributed by atoms with Crippen molar-refractivity contribution in [1.29, 1.82) is 0 Å². The molecule has 0 amide bonds. The Morgan fingerprint density at radius 2 is 1.92 bits per heavy atom. The van der Waals surface area contributed by atoms with E-state index in [2.05, 4.69) is 19.8 Å². The summed E-state index contributed by atoms with van der Waals surface area (Å²) in [7, 11) is 0. The number of piperazine rings is 1. The summed E-state index contributed by atoms with van der Waals surface area (Å²) >= 11 is 0. The molecule has 0 radical (unpaired) electrons. The molecule has 25 heavy (non-hydrogen) atoms. The quantitative estimate of drug-likeness (QED) is 0.658. The summed E-state index contributed by atoms with van der Waals surface area (Å²) in [5, 5.41) is 8.86. The number of hydrogen-bond acceptors (Lipinski definition) is 5. The fourth-order valence-electron chi connectivity index (χ4n) is 4.06. The first-order chi connectivity index (χ1) is 12.2. The first kappa shape index (κ1) is 16.2. The number of H-pyrrole nitrogens is 1. The molecule has 4 rings (SSSR count). The molecule has 0 spiro atoms. The van der Waals surface area contributed by atoms with Crippen molar-refractivity contribution in [2.45, 2.75) is 38.1 Å². The maximum absolute atomic E-state index is 10.8. The van der Waals surface area contributed by atoms with E-state index in [1.807, 2.05) is 6.07 Å². The van der Waals surface area contributed by atoms with Crippen LogP contribution in [0, 0.1) is 0 Å². The highest BCUT2D eigenvalue weighted by molar-refractivity contribution is 5.85. The van der Waals surface area contributed by atoms with E-state index in [4.69, 9.17) is 9.84 Å². The van der Waals surface area contributed by atoms with Crippen LogP contribution in [-0.2, 0) is 0 Å². The van der Waals surface area contributed by atoms with Crippen LogP contribution < -0.4 is 9.64 Å². The van der Waals surface area contributed by atoms with Crippen molar-refractivity contribution in [1.82, 2.24) is 14.9 Å². The van der Waals surface area contributed by atoms with Crippen molar-refractivity contribution < 1.29 is 14.6 Å². The zero-order valence-corrected chi connectivity index (χ0v) is 14.3. The van der Waals surface area contributed by atoms with Gasteiger partial charge in [-0.1, -0.05) is 25.3 Å². The highest BCUT2D eigenvalue weighted by atomic mass is 16.7. The molecule has 0 unspecified atom stereocenters. The zero-order chi connectivity index (χ0) is 17.2. The minimum absolute atomic E-state index is 0.272. The molecule has 0 atom stereocenters. The summed E-state index contributed by atoms with van der Waals surface area (Å²) < 4.78 is 4.83. The van der Waals surface area contributed by atoms with Crippen LogP contribution in [0.1, 0.15) is 32.1 Å². The SMILES string of the molecule is O=C(O)Oc1cccc2[nH]c(N3CCN(C4CCCCC4)CC3)nc12. The summed E-state index contributed by atoms with van der Waals surface area (Å²) in [6.07, 6.45) is 5.46. The van der Waals surface area contributed by atoms with Crippen LogP contribution in [0.25, 0.3) is 11.0 Å². The van der Waals surface area contributed by atoms with Gasteiger partial charge in [-0.2, -0.15) is 0 Å². The average molecular weight is 344 g/mol. The Bertz CT molecular complexity index is 746. The predicted octanol–water partition coefficient (Wildman–Crippen LogP) is 3.07. The number of nitrogens with one attached hydrogen (secondary N) is 1. The second kappa shape index (κ2) is 6.92. The molecule has 7 nitrogen and oxygen atoms in total. The van der Waals surface area contributed by atoms with Crippen LogP contribution in [0.2, 0.25) is 0 Å². The van der Waals surface area contributed by atoms with E-state index >= 15 is 0 Å². The number of benzene rings is 1. The predicted molar refractivity (Wildman–Crippen MR) is 95.4 cm³/mol. The van der Waals surface area contributed by atoms with Crippen molar-refractivity contribution >= 4 is 23.1 Å². The summed E-state index contributed by atoms with van der Waals surface area (Å²) in [4.78, 5) is 23.6. The van der Waals surface area contributed by atoms with Gasteiger partial charge >= 0.3 is 6.16 Å². The van der Waals surface area contributed by atoms with Gasteiger partial charge in [-0.05, 0) is 25.0 Å². The number of para-hydroxylation sites is 1. The number of imidazole rings is 1. The van der Waals surface area contributed by atoms with Crippen LogP contribution in [-0.4, -0.2) is 58.4 Å². The number of nitrogens with zero attached hydrogens (tertiary/aromatic N) is 3. The van der Waals surface area contributed by atoms with Crippen LogP contribution in [0.4, 0.5) is 10.7 Å². The topological polar surface area (TPSA) is 81.7 Å². The number of ether oxygens (including phenoxy) is 1. The Hall–Kier alpha value is -2.28. The number of carboxylic acid groups (broad SMARTS) is 1. The molecule has 2 N–H and O–H groups in total. The van der Waals surface area contributed by atoms with Gasteiger partial charge in [0.1, 0.15) is 5.52 Å². The third-order valence-electron chi connectivity index (χ3n) is 5.37. The van der Waals surface area contributed by atoms with Crippen molar-refractivity contribution in [2.24, 2.45) is 0 Å². The zero-order valence-electron chi connectivity index (χ0n) is 14.3. The van der Waals surface area contributed by atoms with Crippen LogP contribution >= 0.6 is 0 Å². The number of rotatable bonds is 3. The Labute approximate surface area is 146 Å². The third-order valence-corrected chi connectivity index (χ3v) is 5.37. The van der Waals surface area contributed by atoms with Gasteiger partial charge < -0.3 is 19.7 Å². The van der Waals surface area contributed by atoms with Crippen LogP contribution in [0.15, 0.2) is 18.2 Å². The standard InChI is InChI=1S/C18H24N4O3/c23-18(24)25-15-8-4-7-14-16(15)20-17(19-14)22-11-9-21(10-12-22)13-5-2-1-3-6-13/h4,7-8,13H,1-3,5-6,9-12H2,(H,19,20)(H,23,24). The number of aromatic amines is 1. The monoisotopic (exact) mass is 344 g/mol. The average Bonchev–Trinajstić information content (AvgIpc) is 3.08. The molecule has 1 aromatic heterocycles. The molecule has 1 saturated heterocycles. The lowest BCUT2D eigenvalue weighted by Gasteiger charge is -2.40. The lowest BCUT2D eigenvalue weighted by Crippen LogP contribution is -2.51. The van der Waals surface area contributed by atoms with E-state index in [1.54, 1.807) is 12.1 Å². The molecule has 2 aromatic rings. The van der Waals surface area contributed by atoms with Gasteiger partial charge in [0.15, 0.2) is 5.75 Å². The fraction of sp³-hybridized carbons (Fsp3) is 0.556. The smallest absolute Gasteiger partial charge is 0.449 e. The van der Waals surface area contributed by atoms with Gasteiger partial charge in [0, 0.05) is 32.2 Å². The summed E-state index contributed by atoms with van der Waals surface area (Å²) in [6, 6.07) is 6.03. The summed E-state index contributed by atoms with van der Waals surface area (Å²) in [6.45, 7) is 3.98. The first-order valence-corrected chi connectivity index (χ1v) is 9.09. The fourth-order valence-corrected chi connectivity index (χ4v) is 4.06. The minimum Gasteiger partial charge on any atom is -0.449 e. The van der Waals surface area contributed by atoms with Gasteiger partial charge in [-0.3, -0.25) is 4.90 Å². The maximum Gasteiger partial charge on any atom is 0.511 e. The van der Waals surface area contributed by atoms with Crippen LogP contribution in [0.5, 0.6) is 5.75 Å². The molecule has 1 aromatic carbocycles. The highest BCUT2D eigenvalue weighted by Gasteiger charge is 2.26. The number of anilines is 1. The normalized spacial score (nSPS) is 20.1. The second-order valence-electron chi connectivity index (χ2n) is 6.90. The third kappa shape index (κ3) is 3.42. The van der Waals surface area contributed by atoms with E-state index in [0.717, 1.165) is 43.7 Å². The van der Waals surface area contributed by atoms with Gasteiger partial charge in [-0.25, -0.2) is 9.78 Å². The molecule has 0 bridgehead atoms. The molecule has 2 aliphatic rings. The Balaban J connectivity index is 1.46. The lowest BCUT2D eigenvalue weighted by atomic mass is 9.94. The Morgan fingerprint density at radius 1 is 1.16 bits per heavy atom. The Morgan fingerprint density at radius 3 is 2.64 bits per heavy atom. The molecule has 2 heterocycles. The molecule has 1 saturated carbocycles. The van der Waals surface area contributed by atoms with Crippen molar-refractivity contribution in [2.75, 3.05) is 31.1 Å². The number of carbonyl (C=O) groups is 1. The number of fused-ring (bicyclic) bond motifs is 1. The minimum atomic E-state index is -1.32. The second-order valence-corrected chi connectivity index (χ2v) is 6.90. The van der Waals surface area contributed by atoms with E-state index in [1.165, 1.54) is 32.1 Å². The van der Waals surface area contributed by atoms with Crippen molar-refractivity contribution in [3.63, 3.8) is 0 Å². The van der Waals surface area contributed by atoms with E-state index in [-0.39, 0.29) is 5.75 Å². The lowest BCUT2D eigenvalue weighted by molar-refractivity contribution is 0.145. The number of aromatic nitrogens is 2.